The molecule has 2 saturated carbocycles. The lowest BCUT2D eigenvalue weighted by Gasteiger charge is -2.17. The van der Waals surface area contributed by atoms with Crippen molar-refractivity contribution in [1.82, 2.24) is 19.6 Å². The first kappa shape index (κ1) is 25.3. The molecule has 0 saturated heterocycles. The number of carbonyl (C=O) groups is 1. The first-order valence-electron chi connectivity index (χ1n) is 13.3. The number of pyridine rings is 1. The molecule has 0 radical (unpaired) electrons. The van der Waals surface area contributed by atoms with Crippen molar-refractivity contribution in [3.8, 4) is 6.07 Å². The molecule has 2 unspecified atom stereocenters. The monoisotopic (exact) mass is 539 g/mol. The number of hydrogen-bond acceptors (Lipinski definition) is 6. The fourth-order valence-electron chi connectivity index (χ4n) is 5.12. The summed E-state index contributed by atoms with van der Waals surface area (Å²) in [6.07, 6.45) is 5.30. The summed E-state index contributed by atoms with van der Waals surface area (Å²) in [4.78, 5) is 21.3. The van der Waals surface area contributed by atoms with Gasteiger partial charge in [0.2, 0.25) is 5.91 Å². The van der Waals surface area contributed by atoms with Gasteiger partial charge in [-0.15, -0.1) is 0 Å². The summed E-state index contributed by atoms with van der Waals surface area (Å²) < 4.78 is 1.96. The van der Waals surface area contributed by atoms with Crippen molar-refractivity contribution in [3.63, 3.8) is 0 Å². The van der Waals surface area contributed by atoms with Gasteiger partial charge in [0.05, 0.1) is 29.2 Å². The number of anilines is 2. The summed E-state index contributed by atoms with van der Waals surface area (Å²) in [6, 6.07) is 18.3. The van der Waals surface area contributed by atoms with Crippen LogP contribution in [0, 0.1) is 22.7 Å². The Morgan fingerprint density at radius 1 is 1.13 bits per heavy atom. The van der Waals surface area contributed by atoms with Crippen molar-refractivity contribution in [2.24, 2.45) is 11.3 Å². The predicted octanol–water partition coefficient (Wildman–Crippen LogP) is 6.10. The van der Waals surface area contributed by atoms with E-state index in [4.69, 9.17) is 16.7 Å². The van der Waals surface area contributed by atoms with Gasteiger partial charge in [0.25, 0.3) is 0 Å². The third-order valence-corrected chi connectivity index (χ3v) is 7.69. The minimum atomic E-state index is -0.476. The molecule has 0 bridgehead atoms. The molecule has 6 rings (SSSR count). The smallest absolute Gasteiger partial charge is 0.229 e. The van der Waals surface area contributed by atoms with Crippen LogP contribution in [0.2, 0.25) is 5.02 Å². The van der Waals surface area contributed by atoms with Crippen molar-refractivity contribution < 1.29 is 4.79 Å². The van der Waals surface area contributed by atoms with Crippen LogP contribution >= 0.6 is 11.6 Å². The predicted molar refractivity (Wildman–Crippen MR) is 151 cm³/mol. The van der Waals surface area contributed by atoms with Gasteiger partial charge in [-0.1, -0.05) is 23.7 Å². The van der Waals surface area contributed by atoms with Crippen molar-refractivity contribution >= 4 is 34.7 Å². The number of fused-ring (bicyclic) bond motifs is 1. The van der Waals surface area contributed by atoms with Crippen molar-refractivity contribution in [3.05, 3.63) is 82.4 Å². The SMILES string of the molecule is CC(C)(C#N)Cc1cc(C2CC2)cc2cc(CNc3cc(NC(=O)C4CC4c4cccc(Cl)c4)ncn3)nn12. The van der Waals surface area contributed by atoms with Crippen LogP contribution in [0.3, 0.4) is 0 Å². The third-order valence-electron chi connectivity index (χ3n) is 7.45. The van der Waals surface area contributed by atoms with Crippen LogP contribution < -0.4 is 10.6 Å². The van der Waals surface area contributed by atoms with Crippen molar-refractivity contribution in [2.45, 2.75) is 57.9 Å². The highest BCUT2D eigenvalue weighted by Gasteiger charge is 2.44. The lowest BCUT2D eigenvalue weighted by Crippen LogP contribution is -2.16. The maximum atomic E-state index is 12.8. The minimum absolute atomic E-state index is 0.0516. The van der Waals surface area contributed by atoms with Crippen LogP contribution in [-0.4, -0.2) is 25.5 Å². The summed E-state index contributed by atoms with van der Waals surface area (Å²) >= 11 is 6.11. The van der Waals surface area contributed by atoms with E-state index in [9.17, 15) is 10.1 Å². The molecule has 8 nitrogen and oxygen atoms in total. The summed E-state index contributed by atoms with van der Waals surface area (Å²) in [6.45, 7) is 4.38. The molecular formula is C30H30ClN7O. The van der Waals surface area contributed by atoms with E-state index in [1.807, 2.05) is 42.6 Å². The van der Waals surface area contributed by atoms with E-state index in [0.29, 0.717) is 35.5 Å². The second kappa shape index (κ2) is 9.97. The van der Waals surface area contributed by atoms with E-state index in [2.05, 4.69) is 44.9 Å². The lowest BCUT2D eigenvalue weighted by molar-refractivity contribution is -0.117. The molecule has 4 aromatic rings. The number of rotatable bonds is 9. The average Bonchev–Trinajstić information content (AvgIpc) is 3.84. The van der Waals surface area contributed by atoms with E-state index >= 15 is 0 Å². The van der Waals surface area contributed by atoms with E-state index in [0.717, 1.165) is 28.9 Å². The molecule has 0 aliphatic heterocycles. The normalized spacial score (nSPS) is 18.5. The number of carbonyl (C=O) groups excluding carboxylic acids is 1. The van der Waals surface area contributed by atoms with Crippen LogP contribution in [0.1, 0.15) is 67.5 Å². The van der Waals surface area contributed by atoms with Gasteiger partial charge in [0.15, 0.2) is 0 Å². The molecule has 2 aliphatic carbocycles. The molecular weight excluding hydrogens is 510 g/mol. The second-order valence-electron chi connectivity index (χ2n) is 11.3. The van der Waals surface area contributed by atoms with E-state index in [1.54, 1.807) is 6.07 Å². The standard InChI is InChI=1S/C30H30ClN7O/c1-30(2,16-32)14-24-10-20(18-6-7-18)9-23-11-22(37-38(23)24)15-33-27-13-28(35-17-34-27)36-29(39)26-12-25(26)19-4-3-5-21(31)8-19/h3-5,8-11,13,17-18,25-26H,6-7,12,14-15H2,1-2H3,(H2,33,34,35,36,39). The lowest BCUT2D eigenvalue weighted by atomic mass is 9.89. The Kier molecular flexibility index (Phi) is 6.48. The molecule has 0 spiro atoms. The van der Waals surface area contributed by atoms with Gasteiger partial charge in [0.1, 0.15) is 18.0 Å². The first-order chi connectivity index (χ1) is 18.8. The second-order valence-corrected chi connectivity index (χ2v) is 11.8. The Morgan fingerprint density at radius 2 is 1.95 bits per heavy atom. The number of aromatic nitrogens is 4. The van der Waals surface area contributed by atoms with Gasteiger partial charge in [0, 0.05) is 29.1 Å². The highest BCUT2D eigenvalue weighted by molar-refractivity contribution is 6.30. The van der Waals surface area contributed by atoms with E-state index in [1.165, 1.54) is 24.7 Å². The molecule has 39 heavy (non-hydrogen) atoms. The van der Waals surface area contributed by atoms with Crippen LogP contribution in [-0.2, 0) is 17.8 Å². The van der Waals surface area contributed by atoms with Crippen LogP contribution in [0.4, 0.5) is 11.6 Å². The van der Waals surface area contributed by atoms with Crippen LogP contribution in [0.15, 0.2) is 54.9 Å². The maximum Gasteiger partial charge on any atom is 0.229 e. The van der Waals surface area contributed by atoms with E-state index < -0.39 is 5.41 Å². The largest absolute Gasteiger partial charge is 0.364 e. The van der Waals surface area contributed by atoms with Crippen LogP contribution in [0.5, 0.6) is 0 Å². The Bertz CT molecular complexity index is 1600. The molecule has 2 atom stereocenters. The van der Waals surface area contributed by atoms with Gasteiger partial charge in [-0.2, -0.15) is 10.4 Å². The van der Waals surface area contributed by atoms with Crippen molar-refractivity contribution in [1.29, 1.82) is 5.26 Å². The van der Waals surface area contributed by atoms with Crippen molar-refractivity contribution in [2.75, 3.05) is 10.6 Å². The molecule has 9 heteroatoms. The Hall–Kier alpha value is -3.96. The summed E-state index contributed by atoms with van der Waals surface area (Å²) in [5.74, 6) is 1.71. The molecule has 1 aromatic carbocycles. The Morgan fingerprint density at radius 3 is 2.72 bits per heavy atom. The summed E-state index contributed by atoms with van der Waals surface area (Å²) in [5.41, 5.74) is 4.89. The van der Waals surface area contributed by atoms with Gasteiger partial charge in [-0.25, -0.2) is 14.5 Å². The molecule has 2 N–H and O–H groups in total. The fourth-order valence-corrected chi connectivity index (χ4v) is 5.31. The van der Waals surface area contributed by atoms with Gasteiger partial charge >= 0.3 is 0 Å². The molecule has 3 heterocycles. The highest BCUT2D eigenvalue weighted by Crippen LogP contribution is 2.48. The zero-order valence-corrected chi connectivity index (χ0v) is 22.7. The molecule has 2 fully saturated rings. The Balaban J connectivity index is 1.13. The quantitative estimate of drug-likeness (QED) is 0.266. The zero-order chi connectivity index (χ0) is 27.1. The average molecular weight is 540 g/mol. The first-order valence-corrected chi connectivity index (χ1v) is 13.7. The third kappa shape index (κ3) is 5.74. The van der Waals surface area contributed by atoms with Gasteiger partial charge in [-0.05, 0) is 86.4 Å². The number of nitrogens with one attached hydrogen (secondary N) is 2. The number of benzene rings is 1. The number of hydrogen-bond donors (Lipinski definition) is 2. The molecule has 1 amide bonds. The maximum absolute atomic E-state index is 12.8. The number of amides is 1. The van der Waals surface area contributed by atoms with Crippen LogP contribution in [0.25, 0.3) is 5.52 Å². The molecule has 3 aromatic heterocycles. The summed E-state index contributed by atoms with van der Waals surface area (Å²) in [5, 5.41) is 21.3. The minimum Gasteiger partial charge on any atom is -0.364 e. The fraction of sp³-hybridized carbons (Fsp3) is 0.367. The molecule has 198 valence electrons. The highest BCUT2D eigenvalue weighted by atomic mass is 35.5. The number of nitrogens with zero attached hydrogens (tertiary/aromatic N) is 5. The summed E-state index contributed by atoms with van der Waals surface area (Å²) in [7, 11) is 0. The number of nitriles is 1. The van der Waals surface area contributed by atoms with Gasteiger partial charge < -0.3 is 10.6 Å². The van der Waals surface area contributed by atoms with Gasteiger partial charge in [-0.3, -0.25) is 4.79 Å². The Labute approximate surface area is 232 Å². The topological polar surface area (TPSA) is 108 Å². The number of halogens is 1. The zero-order valence-electron chi connectivity index (χ0n) is 22.0. The van der Waals surface area contributed by atoms with E-state index in [-0.39, 0.29) is 17.7 Å². The molecule has 2 aliphatic rings.